The highest BCUT2D eigenvalue weighted by Crippen LogP contribution is 2.36. The number of nitrogens with zero attached hydrogens (tertiary/aromatic N) is 2. The number of benzene rings is 2. The number of phenols is 1. The first-order chi connectivity index (χ1) is 16.7. The van der Waals surface area contributed by atoms with E-state index in [-0.39, 0.29) is 23.0 Å². The third-order valence-corrected chi connectivity index (χ3v) is 6.47. The number of aromatic hydroxyl groups is 1. The number of hydrogen-bond acceptors (Lipinski definition) is 8. The summed E-state index contributed by atoms with van der Waals surface area (Å²) >= 11 is 1.23. The van der Waals surface area contributed by atoms with Crippen LogP contribution in [0.2, 0.25) is 0 Å². The van der Waals surface area contributed by atoms with E-state index in [1.807, 2.05) is 19.9 Å². The van der Waals surface area contributed by atoms with Gasteiger partial charge in [-0.15, -0.1) is 0 Å². The molecule has 8 nitrogen and oxygen atoms in total. The van der Waals surface area contributed by atoms with Gasteiger partial charge in [0.2, 0.25) is 0 Å². The van der Waals surface area contributed by atoms with E-state index >= 15 is 0 Å². The number of hydrogen-bond donors (Lipinski definition) is 1. The average Bonchev–Trinajstić information content (AvgIpc) is 3.13. The van der Waals surface area contributed by atoms with E-state index in [0.29, 0.717) is 32.1 Å². The first kappa shape index (κ1) is 24.3. The first-order valence-electron chi connectivity index (χ1n) is 11.0. The van der Waals surface area contributed by atoms with Crippen molar-refractivity contribution in [2.24, 2.45) is 4.99 Å². The Morgan fingerprint density at radius 3 is 2.49 bits per heavy atom. The molecule has 2 aromatic carbocycles. The third-order valence-electron chi connectivity index (χ3n) is 5.48. The number of thiazole rings is 1. The number of esters is 1. The SMILES string of the molecule is COC(=O)C1=C(C)N=c2s/c(=C\c3ccc(O)cc3)c(=O)n2[C@@H]1c1ccc(OC(C)C)c(OC)c1. The van der Waals surface area contributed by atoms with E-state index in [9.17, 15) is 14.7 Å². The molecule has 1 aliphatic rings. The van der Waals surface area contributed by atoms with Crippen molar-refractivity contribution in [3.63, 3.8) is 0 Å². The molecular formula is C26H26N2O6S. The van der Waals surface area contributed by atoms with Gasteiger partial charge in [0.15, 0.2) is 16.3 Å². The number of aromatic nitrogens is 1. The van der Waals surface area contributed by atoms with Crippen molar-refractivity contribution >= 4 is 23.4 Å². The second kappa shape index (κ2) is 9.79. The van der Waals surface area contributed by atoms with E-state index in [2.05, 4.69) is 4.99 Å². The van der Waals surface area contributed by atoms with Gasteiger partial charge in [0, 0.05) is 0 Å². The zero-order valence-corrected chi connectivity index (χ0v) is 20.9. The molecule has 0 saturated heterocycles. The third kappa shape index (κ3) is 4.72. The van der Waals surface area contributed by atoms with Crippen molar-refractivity contribution in [1.82, 2.24) is 4.57 Å². The highest BCUT2D eigenvalue weighted by Gasteiger charge is 2.33. The molecule has 1 aliphatic heterocycles. The lowest BCUT2D eigenvalue weighted by molar-refractivity contribution is -0.136. The maximum atomic E-state index is 13.6. The number of carbonyl (C=O) groups is 1. The Morgan fingerprint density at radius 2 is 1.86 bits per heavy atom. The highest BCUT2D eigenvalue weighted by atomic mass is 32.1. The lowest BCUT2D eigenvalue weighted by Gasteiger charge is -2.25. The smallest absolute Gasteiger partial charge is 0.338 e. The summed E-state index contributed by atoms with van der Waals surface area (Å²) in [6, 6.07) is 11.1. The zero-order valence-electron chi connectivity index (χ0n) is 20.1. The molecule has 4 rings (SSSR count). The van der Waals surface area contributed by atoms with Crippen LogP contribution in [-0.2, 0) is 9.53 Å². The molecule has 0 aliphatic carbocycles. The Morgan fingerprint density at radius 1 is 1.14 bits per heavy atom. The van der Waals surface area contributed by atoms with Crippen molar-refractivity contribution in [2.45, 2.75) is 32.9 Å². The lowest BCUT2D eigenvalue weighted by Crippen LogP contribution is -2.39. The highest BCUT2D eigenvalue weighted by molar-refractivity contribution is 7.07. The largest absolute Gasteiger partial charge is 0.508 e. The Hall–Kier alpha value is -3.85. The normalized spacial score (nSPS) is 15.6. The van der Waals surface area contributed by atoms with Gasteiger partial charge in [-0.05, 0) is 62.2 Å². The summed E-state index contributed by atoms with van der Waals surface area (Å²) in [5.41, 5.74) is 1.87. The van der Waals surface area contributed by atoms with Crippen LogP contribution in [-0.4, -0.2) is 36.0 Å². The second-order valence-electron chi connectivity index (χ2n) is 8.24. The summed E-state index contributed by atoms with van der Waals surface area (Å²) in [5, 5.41) is 9.55. The number of rotatable bonds is 6. The van der Waals surface area contributed by atoms with Crippen molar-refractivity contribution in [3.8, 4) is 17.2 Å². The molecule has 9 heteroatoms. The zero-order chi connectivity index (χ0) is 25.3. The van der Waals surface area contributed by atoms with Crippen LogP contribution < -0.4 is 24.4 Å². The van der Waals surface area contributed by atoms with Gasteiger partial charge in [0.05, 0.1) is 42.2 Å². The van der Waals surface area contributed by atoms with Crippen molar-refractivity contribution < 1.29 is 24.1 Å². The van der Waals surface area contributed by atoms with E-state index < -0.39 is 12.0 Å². The summed E-state index contributed by atoms with van der Waals surface area (Å²) in [6.45, 7) is 5.56. The molecule has 1 atom stereocenters. The quantitative estimate of drug-likeness (QED) is 0.529. The summed E-state index contributed by atoms with van der Waals surface area (Å²) < 4.78 is 18.4. The fraction of sp³-hybridized carbons (Fsp3) is 0.269. The van der Waals surface area contributed by atoms with Gasteiger partial charge >= 0.3 is 5.97 Å². The minimum Gasteiger partial charge on any atom is -0.508 e. The van der Waals surface area contributed by atoms with Crippen molar-refractivity contribution in [2.75, 3.05) is 14.2 Å². The molecule has 0 fully saturated rings. The first-order valence-corrected chi connectivity index (χ1v) is 11.8. The van der Waals surface area contributed by atoms with E-state index in [0.717, 1.165) is 5.56 Å². The van der Waals surface area contributed by atoms with Crippen molar-refractivity contribution in [1.29, 1.82) is 0 Å². The molecule has 182 valence electrons. The molecule has 0 spiro atoms. The van der Waals surface area contributed by atoms with Crippen LogP contribution >= 0.6 is 11.3 Å². The minimum absolute atomic E-state index is 0.0555. The lowest BCUT2D eigenvalue weighted by atomic mass is 9.95. The molecule has 0 bridgehead atoms. The van der Waals surface area contributed by atoms with Gasteiger partial charge in [-0.3, -0.25) is 9.36 Å². The average molecular weight is 495 g/mol. The van der Waals surface area contributed by atoms with Gasteiger partial charge in [-0.2, -0.15) is 0 Å². The predicted octanol–water partition coefficient (Wildman–Crippen LogP) is 2.91. The van der Waals surface area contributed by atoms with E-state index in [4.69, 9.17) is 14.2 Å². The van der Waals surface area contributed by atoms with Gasteiger partial charge in [0.25, 0.3) is 5.56 Å². The van der Waals surface area contributed by atoms with Crippen LogP contribution in [0, 0.1) is 0 Å². The van der Waals surface area contributed by atoms with Crippen LogP contribution in [0.5, 0.6) is 17.2 Å². The number of ether oxygens (including phenoxy) is 3. The minimum atomic E-state index is -0.761. The molecule has 2 heterocycles. The number of allylic oxidation sites excluding steroid dienone is 1. The topological polar surface area (TPSA) is 99.4 Å². The number of methoxy groups -OCH3 is 2. The van der Waals surface area contributed by atoms with Gasteiger partial charge in [0.1, 0.15) is 5.75 Å². The summed E-state index contributed by atoms with van der Waals surface area (Å²) in [7, 11) is 2.84. The molecule has 1 aromatic heterocycles. The van der Waals surface area contributed by atoms with Gasteiger partial charge < -0.3 is 19.3 Å². The predicted molar refractivity (Wildman–Crippen MR) is 133 cm³/mol. The molecule has 0 amide bonds. The van der Waals surface area contributed by atoms with Crippen LogP contribution in [0.15, 0.2) is 63.5 Å². The fourth-order valence-electron chi connectivity index (χ4n) is 3.94. The molecule has 0 radical (unpaired) electrons. The van der Waals surface area contributed by atoms with Crippen LogP contribution in [0.1, 0.15) is 37.9 Å². The number of fused-ring (bicyclic) bond motifs is 1. The summed E-state index contributed by atoms with van der Waals surface area (Å²) in [4.78, 5) is 31.5. The standard InChI is InChI=1S/C26H26N2O6S/c1-14(2)34-19-11-8-17(13-20(19)32-4)23-22(25(31)33-5)15(3)27-26-28(23)24(30)21(35-26)12-16-6-9-18(29)10-7-16/h6-14,23,29H,1-5H3/b21-12-/t23-/m1/s1. The summed E-state index contributed by atoms with van der Waals surface area (Å²) in [6.07, 6.45) is 1.68. The maximum absolute atomic E-state index is 13.6. The van der Waals surface area contributed by atoms with Gasteiger partial charge in [-0.1, -0.05) is 29.5 Å². The van der Waals surface area contributed by atoms with Crippen LogP contribution in [0.4, 0.5) is 0 Å². The molecule has 1 N–H and O–H groups in total. The van der Waals surface area contributed by atoms with E-state index in [1.165, 1.54) is 30.1 Å². The maximum Gasteiger partial charge on any atom is 0.338 e. The molecule has 35 heavy (non-hydrogen) atoms. The molecule has 0 unspecified atom stereocenters. The van der Waals surface area contributed by atoms with Gasteiger partial charge in [-0.25, -0.2) is 9.79 Å². The number of phenolic OH excluding ortho intramolecular Hbond substituents is 1. The Labute approximate surface area is 206 Å². The number of carbonyl (C=O) groups excluding carboxylic acids is 1. The Kier molecular flexibility index (Phi) is 6.79. The van der Waals surface area contributed by atoms with Crippen LogP contribution in [0.25, 0.3) is 6.08 Å². The molecule has 3 aromatic rings. The Balaban J connectivity index is 1.94. The summed E-state index contributed by atoms with van der Waals surface area (Å²) in [5.74, 6) is 0.624. The van der Waals surface area contributed by atoms with E-state index in [1.54, 1.807) is 49.4 Å². The molecular weight excluding hydrogens is 468 g/mol. The monoisotopic (exact) mass is 494 g/mol. The second-order valence-corrected chi connectivity index (χ2v) is 9.25. The fourth-order valence-corrected chi connectivity index (χ4v) is 4.98. The Bertz CT molecular complexity index is 1480. The van der Waals surface area contributed by atoms with Crippen molar-refractivity contribution in [3.05, 3.63) is 84.5 Å². The molecule has 0 saturated carbocycles. The van der Waals surface area contributed by atoms with Crippen LogP contribution in [0.3, 0.4) is 0 Å².